The lowest BCUT2D eigenvalue weighted by Gasteiger charge is -2.32. The van der Waals surface area contributed by atoms with Crippen molar-refractivity contribution >= 4 is 11.7 Å². The molecule has 5 nitrogen and oxygen atoms in total. The number of nitrogens with two attached hydrogens (primary N) is 1. The van der Waals surface area contributed by atoms with Crippen LogP contribution < -0.4 is 5.73 Å². The Kier molecular flexibility index (Phi) is 3.58. The van der Waals surface area contributed by atoms with Gasteiger partial charge in [0.2, 0.25) is 0 Å². The Morgan fingerprint density at radius 3 is 3.18 bits per heavy atom. The number of nitrogen functional groups attached to an aromatic ring is 1. The van der Waals surface area contributed by atoms with E-state index in [1.54, 1.807) is 30.3 Å². The van der Waals surface area contributed by atoms with E-state index in [2.05, 4.69) is 4.98 Å². The summed E-state index contributed by atoms with van der Waals surface area (Å²) in [4.78, 5) is 17.9. The molecule has 2 heterocycles. The van der Waals surface area contributed by atoms with E-state index >= 15 is 0 Å². The van der Waals surface area contributed by atoms with Crippen molar-refractivity contribution in [3.05, 3.63) is 23.9 Å². The summed E-state index contributed by atoms with van der Waals surface area (Å²) in [5.74, 6) is 0.231. The molecule has 92 valence electrons. The van der Waals surface area contributed by atoms with Gasteiger partial charge in [-0.1, -0.05) is 0 Å². The summed E-state index contributed by atoms with van der Waals surface area (Å²) in [6, 6.07) is 3.43. The minimum Gasteiger partial charge on any atom is -0.383 e. The molecule has 2 N–H and O–H groups in total. The van der Waals surface area contributed by atoms with Gasteiger partial charge in [0.05, 0.1) is 11.7 Å². The predicted octanol–water partition coefficient (Wildman–Crippen LogP) is 0.915. The van der Waals surface area contributed by atoms with Crippen molar-refractivity contribution < 1.29 is 9.53 Å². The number of hydrogen-bond acceptors (Lipinski definition) is 4. The van der Waals surface area contributed by atoms with Crippen molar-refractivity contribution in [3.8, 4) is 0 Å². The fraction of sp³-hybridized carbons (Fsp3) is 0.500. The average Bonchev–Trinajstić information content (AvgIpc) is 2.38. The number of pyridine rings is 1. The van der Waals surface area contributed by atoms with Crippen molar-refractivity contribution in [2.45, 2.75) is 18.9 Å². The van der Waals surface area contributed by atoms with Gasteiger partial charge >= 0.3 is 0 Å². The molecule has 1 atom stereocenters. The highest BCUT2D eigenvalue weighted by molar-refractivity contribution is 5.98. The maximum atomic E-state index is 12.2. The third-order valence-corrected chi connectivity index (χ3v) is 3.07. The topological polar surface area (TPSA) is 68.5 Å². The van der Waals surface area contributed by atoms with E-state index in [-0.39, 0.29) is 17.8 Å². The number of rotatable bonds is 2. The lowest BCUT2D eigenvalue weighted by molar-refractivity contribution is 0.0269. The highest BCUT2D eigenvalue weighted by atomic mass is 16.5. The molecule has 1 aromatic rings. The van der Waals surface area contributed by atoms with Crippen LogP contribution in [-0.2, 0) is 4.74 Å². The van der Waals surface area contributed by atoms with E-state index in [9.17, 15) is 4.79 Å². The van der Waals surface area contributed by atoms with Gasteiger partial charge in [-0.2, -0.15) is 0 Å². The van der Waals surface area contributed by atoms with Crippen molar-refractivity contribution in [3.63, 3.8) is 0 Å². The number of anilines is 1. The van der Waals surface area contributed by atoms with E-state index < -0.39 is 0 Å². The molecule has 0 aromatic carbocycles. The fourth-order valence-electron chi connectivity index (χ4n) is 2.08. The summed E-state index contributed by atoms with van der Waals surface area (Å²) >= 11 is 0. The molecule has 1 aliphatic heterocycles. The summed E-state index contributed by atoms with van der Waals surface area (Å²) in [7, 11) is 1.68. The summed E-state index contributed by atoms with van der Waals surface area (Å²) < 4.78 is 5.30. The number of nitrogens with zero attached hydrogens (tertiary/aromatic N) is 2. The number of ether oxygens (including phenoxy) is 1. The predicted molar refractivity (Wildman–Crippen MR) is 64.6 cm³/mol. The second kappa shape index (κ2) is 5.14. The molecule has 1 saturated heterocycles. The van der Waals surface area contributed by atoms with Gasteiger partial charge in [0.1, 0.15) is 5.82 Å². The van der Waals surface area contributed by atoms with Crippen molar-refractivity contribution in [2.75, 3.05) is 25.9 Å². The number of carbonyl (C=O) groups excluding carboxylic acids is 1. The molecule has 1 aliphatic rings. The molecule has 1 fully saturated rings. The monoisotopic (exact) mass is 235 g/mol. The van der Waals surface area contributed by atoms with Crippen LogP contribution in [0.1, 0.15) is 23.2 Å². The number of carbonyl (C=O) groups is 1. The SMILES string of the molecule is COC1CCCN(C(=O)c2cccnc2N)C1. The summed E-state index contributed by atoms with van der Waals surface area (Å²) in [6.07, 6.45) is 3.68. The largest absolute Gasteiger partial charge is 0.383 e. The third kappa shape index (κ3) is 2.55. The zero-order valence-electron chi connectivity index (χ0n) is 9.93. The van der Waals surface area contributed by atoms with Gasteiger partial charge in [-0.05, 0) is 25.0 Å². The van der Waals surface area contributed by atoms with E-state index in [1.807, 2.05) is 0 Å². The van der Waals surface area contributed by atoms with Gasteiger partial charge in [-0.3, -0.25) is 4.79 Å². The van der Waals surface area contributed by atoms with Crippen molar-refractivity contribution in [1.82, 2.24) is 9.88 Å². The molecule has 0 radical (unpaired) electrons. The lowest BCUT2D eigenvalue weighted by atomic mass is 10.1. The van der Waals surface area contributed by atoms with Crippen LogP contribution in [-0.4, -0.2) is 42.1 Å². The maximum Gasteiger partial charge on any atom is 0.257 e. The zero-order chi connectivity index (χ0) is 12.3. The number of hydrogen-bond donors (Lipinski definition) is 1. The summed E-state index contributed by atoms with van der Waals surface area (Å²) in [6.45, 7) is 1.39. The van der Waals surface area contributed by atoms with E-state index in [4.69, 9.17) is 10.5 Å². The van der Waals surface area contributed by atoms with Gasteiger partial charge in [-0.15, -0.1) is 0 Å². The van der Waals surface area contributed by atoms with Gasteiger partial charge in [0, 0.05) is 26.4 Å². The van der Waals surface area contributed by atoms with Crippen LogP contribution in [0.25, 0.3) is 0 Å². The molecule has 1 aromatic heterocycles. The van der Waals surface area contributed by atoms with Crippen molar-refractivity contribution in [2.24, 2.45) is 0 Å². The standard InChI is InChI=1S/C12H17N3O2/c1-17-9-4-3-7-15(8-9)12(16)10-5-2-6-14-11(10)13/h2,5-6,9H,3-4,7-8H2,1H3,(H2,13,14). The highest BCUT2D eigenvalue weighted by Crippen LogP contribution is 2.17. The Balaban J connectivity index is 2.12. The molecule has 0 saturated carbocycles. The maximum absolute atomic E-state index is 12.2. The second-order valence-corrected chi connectivity index (χ2v) is 4.19. The Bertz CT molecular complexity index is 408. The normalized spacial score (nSPS) is 20.3. The quantitative estimate of drug-likeness (QED) is 0.827. The molecule has 5 heteroatoms. The first-order valence-corrected chi connectivity index (χ1v) is 5.75. The van der Waals surface area contributed by atoms with Crippen LogP contribution in [0.4, 0.5) is 5.82 Å². The van der Waals surface area contributed by atoms with E-state index in [0.717, 1.165) is 19.4 Å². The Morgan fingerprint density at radius 2 is 2.47 bits per heavy atom. The molecule has 0 bridgehead atoms. The fourth-order valence-corrected chi connectivity index (χ4v) is 2.08. The smallest absolute Gasteiger partial charge is 0.257 e. The molecule has 1 unspecified atom stereocenters. The molecule has 0 spiro atoms. The van der Waals surface area contributed by atoms with Gasteiger partial charge < -0.3 is 15.4 Å². The number of likely N-dealkylation sites (tertiary alicyclic amines) is 1. The molecular weight excluding hydrogens is 218 g/mol. The second-order valence-electron chi connectivity index (χ2n) is 4.19. The highest BCUT2D eigenvalue weighted by Gasteiger charge is 2.25. The van der Waals surface area contributed by atoms with Crippen LogP contribution in [0, 0.1) is 0 Å². The number of amides is 1. The van der Waals surface area contributed by atoms with E-state index in [0.29, 0.717) is 12.1 Å². The summed E-state index contributed by atoms with van der Waals surface area (Å²) in [5.41, 5.74) is 6.18. The number of piperidine rings is 1. The Morgan fingerprint density at radius 1 is 1.65 bits per heavy atom. The van der Waals surface area contributed by atoms with Crippen LogP contribution in [0.5, 0.6) is 0 Å². The minimum atomic E-state index is -0.0580. The minimum absolute atomic E-state index is 0.0580. The number of aromatic nitrogens is 1. The first-order chi connectivity index (χ1) is 8.22. The zero-order valence-corrected chi connectivity index (χ0v) is 9.93. The molecule has 0 aliphatic carbocycles. The number of methoxy groups -OCH3 is 1. The van der Waals surface area contributed by atoms with Gasteiger partial charge in [0.15, 0.2) is 0 Å². The van der Waals surface area contributed by atoms with Crippen LogP contribution in [0.2, 0.25) is 0 Å². The molecular formula is C12H17N3O2. The van der Waals surface area contributed by atoms with Crippen molar-refractivity contribution in [1.29, 1.82) is 0 Å². The summed E-state index contributed by atoms with van der Waals surface area (Å²) in [5, 5.41) is 0. The molecule has 1 amide bonds. The Labute approximate surface area is 101 Å². The van der Waals surface area contributed by atoms with E-state index in [1.165, 1.54) is 0 Å². The first kappa shape index (κ1) is 11.9. The first-order valence-electron chi connectivity index (χ1n) is 5.75. The van der Waals surface area contributed by atoms with Crippen LogP contribution >= 0.6 is 0 Å². The average molecular weight is 235 g/mol. The van der Waals surface area contributed by atoms with Crippen LogP contribution in [0.15, 0.2) is 18.3 Å². The van der Waals surface area contributed by atoms with Crippen LogP contribution in [0.3, 0.4) is 0 Å². The third-order valence-electron chi connectivity index (χ3n) is 3.07. The molecule has 17 heavy (non-hydrogen) atoms. The Hall–Kier alpha value is -1.62. The van der Waals surface area contributed by atoms with Gasteiger partial charge in [0.25, 0.3) is 5.91 Å². The van der Waals surface area contributed by atoms with Gasteiger partial charge in [-0.25, -0.2) is 4.98 Å². The molecule has 2 rings (SSSR count). The lowest BCUT2D eigenvalue weighted by Crippen LogP contribution is -2.43.